The van der Waals surface area contributed by atoms with Crippen LogP contribution in [0, 0.1) is 56.2 Å². The predicted octanol–water partition coefficient (Wildman–Crippen LogP) is 5.59. The van der Waals surface area contributed by atoms with Crippen molar-refractivity contribution < 1.29 is 136 Å². The molecule has 0 aliphatic heterocycles. The summed E-state index contributed by atoms with van der Waals surface area (Å²) < 4.78 is 105. The molecule has 0 aliphatic rings. The summed E-state index contributed by atoms with van der Waals surface area (Å²) in [4.78, 5) is 41.1. The van der Waals surface area contributed by atoms with Crippen molar-refractivity contribution in [2.75, 3.05) is 13.1 Å². The second kappa shape index (κ2) is 27.3. The Balaban J connectivity index is -0.000000360. The first-order chi connectivity index (χ1) is 26.4. The molecule has 0 amide bonds. The van der Waals surface area contributed by atoms with E-state index in [1.807, 2.05) is 0 Å². The van der Waals surface area contributed by atoms with E-state index < -0.39 is 69.4 Å². The molecule has 10 nitrogen and oxygen atoms in total. The third-order valence-electron chi connectivity index (χ3n) is 6.50. The minimum absolute atomic E-state index is 0. The van der Waals surface area contributed by atoms with Crippen LogP contribution in [-0.2, 0) is 31.5 Å². The summed E-state index contributed by atoms with van der Waals surface area (Å²) in [5.41, 5.74) is -1.73. The van der Waals surface area contributed by atoms with Gasteiger partial charge in [0.1, 0.15) is 0 Å². The number of ketones is 3. The number of aliphatic imine (C=N–C) groups is 2. The standard InChI is InChI=1S/C16H16N2O2.3C8H11F3O2.Cu.Gd/c19-15-7-3-1-5-13(15)11-17-9-10-18-12-14-6-2-4-8-16(14)20;3*1-7(2,3)5(12)4-6(13)8(9,10)11;;/h1-8,11-12,19-20H,9-10H2;3*4,13H,1-3H3;;/q;;;;+2;+3/p-5/b;3*6-4-;;. The molecule has 0 N–H and O–H groups in total. The van der Waals surface area contributed by atoms with E-state index >= 15 is 0 Å². The van der Waals surface area contributed by atoms with Gasteiger partial charge in [-0.05, 0) is 46.6 Å². The zero-order chi connectivity index (χ0) is 46.8. The molecule has 2 aromatic rings. The molecule has 0 atom stereocenters. The van der Waals surface area contributed by atoms with Gasteiger partial charge in [0, 0.05) is 28.7 Å². The van der Waals surface area contributed by atoms with Gasteiger partial charge in [0.05, 0.1) is 13.1 Å². The average molecular weight is 1070 g/mol. The Morgan fingerprint density at radius 3 is 0.885 bits per heavy atom. The minimum Gasteiger partial charge on any atom is -0.872 e. The fourth-order valence-electron chi connectivity index (χ4n) is 2.87. The topological polar surface area (TPSA) is 191 Å². The van der Waals surface area contributed by atoms with E-state index in [-0.39, 0.29) is 86.7 Å². The fourth-order valence-corrected chi connectivity index (χ4v) is 2.87. The third kappa shape index (κ3) is 29.2. The Morgan fingerprint density at radius 2 is 0.705 bits per heavy atom. The van der Waals surface area contributed by atoms with E-state index in [0.29, 0.717) is 24.2 Å². The van der Waals surface area contributed by atoms with Crippen LogP contribution in [0.5, 0.6) is 11.5 Å². The Bertz CT molecular complexity index is 1670. The van der Waals surface area contributed by atoms with Crippen LogP contribution in [0.4, 0.5) is 39.5 Å². The number of allylic oxidation sites excluding steroid dienone is 6. The summed E-state index contributed by atoms with van der Waals surface area (Å²) in [6.07, 6.45) is -11.5. The van der Waals surface area contributed by atoms with Gasteiger partial charge in [0.15, 0.2) is 17.3 Å². The number of nitrogens with zero attached hydrogens (tertiary/aromatic N) is 2. The molecule has 0 saturated heterocycles. The summed E-state index contributed by atoms with van der Waals surface area (Å²) >= 11 is 0. The molecule has 0 heterocycles. The molecule has 0 aromatic heterocycles. The van der Waals surface area contributed by atoms with E-state index in [0.717, 1.165) is 0 Å². The number of rotatable bonds is 8. The Morgan fingerprint density at radius 1 is 0.492 bits per heavy atom. The Hall–Kier alpha value is -3.78. The van der Waals surface area contributed by atoms with Gasteiger partial charge in [-0.1, -0.05) is 111 Å². The first-order valence-electron chi connectivity index (χ1n) is 16.9. The first kappa shape index (κ1) is 63.9. The van der Waals surface area contributed by atoms with Crippen LogP contribution in [0.2, 0.25) is 0 Å². The number of hydrogen-bond acceptors (Lipinski definition) is 10. The van der Waals surface area contributed by atoms with Gasteiger partial charge in [-0.2, -0.15) is 39.5 Å². The average Bonchev–Trinajstić information content (AvgIpc) is 3.06. The van der Waals surface area contributed by atoms with E-state index in [1.54, 1.807) is 48.8 Å². The van der Waals surface area contributed by atoms with Crippen molar-refractivity contribution >= 4 is 29.8 Å². The summed E-state index contributed by atoms with van der Waals surface area (Å²) in [7, 11) is 0. The van der Waals surface area contributed by atoms with E-state index in [2.05, 4.69) is 9.98 Å². The number of carbonyl (C=O) groups excluding carboxylic acids is 3. The summed E-state index contributed by atoms with van der Waals surface area (Å²) in [6, 6.07) is 13.5. The Labute approximate surface area is 390 Å². The van der Waals surface area contributed by atoms with E-state index in [1.165, 1.54) is 74.4 Å². The van der Waals surface area contributed by atoms with Crippen molar-refractivity contribution in [2.24, 2.45) is 26.2 Å². The molecule has 2 radical (unpaired) electrons. The molecule has 0 saturated carbocycles. The molecule has 2 aromatic carbocycles. The summed E-state index contributed by atoms with van der Waals surface area (Å²) in [5, 5.41) is 53.8. The largest absolute Gasteiger partial charge is 3.00 e. The van der Waals surface area contributed by atoms with Gasteiger partial charge in [-0.25, -0.2) is 0 Å². The second-order valence-corrected chi connectivity index (χ2v) is 15.0. The zero-order valence-corrected chi connectivity index (χ0v) is 37.3. The maximum Gasteiger partial charge on any atom is 3.00 e. The molecule has 0 spiro atoms. The minimum atomic E-state index is -4.96. The Kier molecular flexibility index (Phi) is 28.6. The molecule has 2 rings (SSSR count). The van der Waals surface area contributed by atoms with E-state index in [9.17, 15) is 79.4 Å². The quantitative estimate of drug-likeness (QED) is 0.0816. The molecular weight excluding hydrogens is 1030 g/mol. The van der Waals surface area contributed by atoms with Crippen molar-refractivity contribution in [2.45, 2.75) is 80.8 Å². The number of benzene rings is 2. The molecule has 61 heavy (non-hydrogen) atoms. The molecular formula is C40H44CuF9GdN2O8. The van der Waals surface area contributed by atoms with Crippen molar-refractivity contribution in [3.05, 3.63) is 95.2 Å². The summed E-state index contributed by atoms with van der Waals surface area (Å²) in [6.45, 7) is 13.9. The second-order valence-electron chi connectivity index (χ2n) is 15.0. The van der Waals surface area contributed by atoms with Crippen LogP contribution in [-0.4, -0.2) is 61.4 Å². The van der Waals surface area contributed by atoms with Gasteiger partial charge in [-0.3, -0.25) is 24.4 Å². The van der Waals surface area contributed by atoms with Crippen LogP contribution in [0.3, 0.4) is 0 Å². The number of halogens is 9. The van der Waals surface area contributed by atoms with Crippen LogP contribution in [0.25, 0.3) is 0 Å². The maximum absolute atomic E-state index is 11.7. The normalized spacial score (nSPS) is 13.0. The zero-order valence-electron chi connectivity index (χ0n) is 34.1. The monoisotopic (exact) mass is 1070 g/mol. The van der Waals surface area contributed by atoms with Gasteiger partial charge in [0.2, 0.25) is 0 Å². The van der Waals surface area contributed by atoms with Crippen LogP contribution in [0.15, 0.2) is 94.0 Å². The third-order valence-corrected chi connectivity index (χ3v) is 6.50. The predicted molar refractivity (Wildman–Crippen MR) is 192 cm³/mol. The van der Waals surface area contributed by atoms with Gasteiger partial charge < -0.3 is 25.5 Å². The number of para-hydroxylation sites is 2. The smallest absolute Gasteiger partial charge is 0.872 e. The number of alkyl halides is 9. The number of hydrogen-bond donors (Lipinski definition) is 0. The molecule has 0 unspecified atom stereocenters. The van der Waals surface area contributed by atoms with Gasteiger partial charge in [-0.15, -0.1) is 11.5 Å². The van der Waals surface area contributed by atoms with Crippen molar-refractivity contribution in [1.29, 1.82) is 0 Å². The van der Waals surface area contributed by atoms with Gasteiger partial charge >= 0.3 is 75.5 Å². The molecule has 344 valence electrons. The number of carbonyl (C=O) groups is 3. The summed E-state index contributed by atoms with van der Waals surface area (Å²) in [5.74, 6) is -8.87. The van der Waals surface area contributed by atoms with Crippen molar-refractivity contribution in [1.82, 2.24) is 0 Å². The maximum atomic E-state index is 11.7. The molecule has 21 heteroatoms. The van der Waals surface area contributed by atoms with E-state index in [4.69, 9.17) is 0 Å². The fraction of sp³-hybridized carbons (Fsp3) is 0.425. The molecule has 0 aliphatic carbocycles. The van der Waals surface area contributed by atoms with Gasteiger partial charge in [0.25, 0.3) is 0 Å². The molecule has 0 fully saturated rings. The SMILES string of the molecule is CC(C)(C)C(=O)/C=C(\[O-])C(F)(F)F.CC(C)(C)C(=O)/C=C(\[O-])C(F)(F)F.CC(C)(C)C(=O)/C=C(\[O-])C(F)(F)F.[Cu+2].[Gd+3].[O-]c1ccccc1C=NCCN=Cc1ccccc1[O-]. The molecule has 0 bridgehead atoms. The van der Waals surface area contributed by atoms with Crippen LogP contribution in [0.1, 0.15) is 73.4 Å². The van der Waals surface area contributed by atoms with Crippen LogP contribution < -0.4 is 25.5 Å². The van der Waals surface area contributed by atoms with Crippen LogP contribution >= 0.6 is 0 Å². The first-order valence-corrected chi connectivity index (χ1v) is 16.9. The van der Waals surface area contributed by atoms with Crippen molar-refractivity contribution in [3.8, 4) is 11.5 Å². The van der Waals surface area contributed by atoms with Crippen molar-refractivity contribution in [3.63, 3.8) is 0 Å².